The lowest BCUT2D eigenvalue weighted by Crippen LogP contribution is -2.23. The summed E-state index contributed by atoms with van der Waals surface area (Å²) in [6.45, 7) is 2.21. The summed E-state index contributed by atoms with van der Waals surface area (Å²) in [5.41, 5.74) is 4.04. The lowest BCUT2D eigenvalue weighted by atomic mass is 9.96. The maximum absolute atomic E-state index is 3.29. The van der Waals surface area contributed by atoms with Crippen molar-refractivity contribution in [2.45, 2.75) is 19.4 Å². The molecular weight excluding hydrogens is 206 g/mol. The molecule has 0 saturated carbocycles. The minimum Gasteiger partial charge on any atom is -0.317 e. The molecule has 0 aliphatic carbocycles. The number of likely N-dealkylation sites (N-methyl/N-ethyl adjacent to an activating group) is 1. The maximum Gasteiger partial charge on any atom is 0.00763 e. The molecule has 0 aromatic heterocycles. The van der Waals surface area contributed by atoms with E-state index in [9.17, 15) is 0 Å². The van der Waals surface area contributed by atoms with Gasteiger partial charge in [0.1, 0.15) is 0 Å². The fraction of sp³-hybridized carbons (Fsp3) is 0.250. The Hall–Kier alpha value is -1.60. The summed E-state index contributed by atoms with van der Waals surface area (Å²) in [5.74, 6) is 0. The van der Waals surface area contributed by atoms with Crippen LogP contribution in [0.25, 0.3) is 11.1 Å². The Morgan fingerprint density at radius 2 is 1.59 bits per heavy atom. The van der Waals surface area contributed by atoms with Crippen molar-refractivity contribution in [1.82, 2.24) is 5.32 Å². The Morgan fingerprint density at radius 1 is 0.941 bits per heavy atom. The zero-order chi connectivity index (χ0) is 12.1. The average Bonchev–Trinajstić information content (AvgIpc) is 2.40. The lowest BCUT2D eigenvalue weighted by molar-refractivity contribution is 0.609. The third-order valence-electron chi connectivity index (χ3n) is 3.12. The van der Waals surface area contributed by atoms with Gasteiger partial charge in [-0.1, -0.05) is 54.6 Å². The molecule has 2 rings (SSSR count). The van der Waals surface area contributed by atoms with E-state index < -0.39 is 0 Å². The summed E-state index contributed by atoms with van der Waals surface area (Å²) in [4.78, 5) is 0. The summed E-state index contributed by atoms with van der Waals surface area (Å²) < 4.78 is 0. The van der Waals surface area contributed by atoms with E-state index in [4.69, 9.17) is 0 Å². The molecule has 0 radical (unpaired) electrons. The van der Waals surface area contributed by atoms with Crippen LogP contribution in [-0.4, -0.2) is 13.1 Å². The van der Waals surface area contributed by atoms with E-state index in [-0.39, 0.29) is 0 Å². The first-order chi connectivity index (χ1) is 8.31. The second-order valence-corrected chi connectivity index (χ2v) is 4.42. The Labute approximate surface area is 103 Å². The normalized spacial score (nSPS) is 12.4. The number of benzene rings is 2. The molecule has 2 aromatic carbocycles. The first-order valence-corrected chi connectivity index (χ1v) is 6.12. The smallest absolute Gasteiger partial charge is 0.00763 e. The highest BCUT2D eigenvalue weighted by Crippen LogP contribution is 2.24. The SMILES string of the molecule is CNC(C)Cc1ccccc1-c1ccccc1. The molecule has 1 heteroatoms. The summed E-state index contributed by atoms with van der Waals surface area (Å²) in [6, 6.07) is 19.7. The predicted molar refractivity (Wildman–Crippen MR) is 74.1 cm³/mol. The molecule has 0 fully saturated rings. The van der Waals surface area contributed by atoms with Gasteiger partial charge in [0.25, 0.3) is 0 Å². The van der Waals surface area contributed by atoms with Gasteiger partial charge < -0.3 is 5.32 Å². The van der Waals surface area contributed by atoms with Crippen LogP contribution in [0.1, 0.15) is 12.5 Å². The van der Waals surface area contributed by atoms with E-state index in [0.29, 0.717) is 6.04 Å². The van der Waals surface area contributed by atoms with E-state index in [1.807, 2.05) is 7.05 Å². The molecule has 0 aliphatic heterocycles. The third-order valence-corrected chi connectivity index (χ3v) is 3.12. The van der Waals surface area contributed by atoms with E-state index in [2.05, 4.69) is 66.8 Å². The van der Waals surface area contributed by atoms with Crippen LogP contribution >= 0.6 is 0 Å². The van der Waals surface area contributed by atoms with Crippen LogP contribution in [0, 0.1) is 0 Å². The molecule has 1 atom stereocenters. The van der Waals surface area contributed by atoms with Crippen molar-refractivity contribution in [2.24, 2.45) is 0 Å². The van der Waals surface area contributed by atoms with Crippen LogP contribution in [0.2, 0.25) is 0 Å². The minimum atomic E-state index is 0.500. The molecule has 0 bridgehead atoms. The van der Waals surface area contributed by atoms with Gasteiger partial charge >= 0.3 is 0 Å². The Kier molecular flexibility index (Phi) is 3.94. The first-order valence-electron chi connectivity index (χ1n) is 6.12. The Bertz CT molecular complexity index is 462. The van der Waals surface area contributed by atoms with Gasteiger partial charge in [-0.15, -0.1) is 0 Å². The fourth-order valence-corrected chi connectivity index (χ4v) is 2.03. The van der Waals surface area contributed by atoms with Crippen molar-refractivity contribution >= 4 is 0 Å². The Balaban J connectivity index is 2.34. The fourth-order valence-electron chi connectivity index (χ4n) is 2.03. The maximum atomic E-state index is 3.29. The van der Waals surface area contributed by atoms with E-state index in [1.165, 1.54) is 16.7 Å². The standard InChI is InChI=1S/C16H19N/c1-13(17-2)12-15-10-6-7-11-16(15)14-8-4-3-5-9-14/h3-11,13,17H,12H2,1-2H3. The van der Waals surface area contributed by atoms with Crippen LogP contribution in [0.15, 0.2) is 54.6 Å². The number of hydrogen-bond acceptors (Lipinski definition) is 1. The summed E-state index contributed by atoms with van der Waals surface area (Å²) >= 11 is 0. The second kappa shape index (κ2) is 5.65. The van der Waals surface area contributed by atoms with Crippen molar-refractivity contribution in [3.8, 4) is 11.1 Å². The molecular formula is C16H19N. The van der Waals surface area contributed by atoms with Gasteiger partial charge in [0.15, 0.2) is 0 Å². The van der Waals surface area contributed by atoms with Gasteiger partial charge in [-0.05, 0) is 37.1 Å². The highest BCUT2D eigenvalue weighted by Gasteiger charge is 2.06. The first kappa shape index (κ1) is 11.9. The van der Waals surface area contributed by atoms with Crippen LogP contribution in [0.4, 0.5) is 0 Å². The van der Waals surface area contributed by atoms with Gasteiger partial charge in [-0.3, -0.25) is 0 Å². The lowest BCUT2D eigenvalue weighted by Gasteiger charge is -2.14. The van der Waals surface area contributed by atoms with Gasteiger partial charge in [0, 0.05) is 6.04 Å². The van der Waals surface area contributed by atoms with Crippen molar-refractivity contribution < 1.29 is 0 Å². The predicted octanol–water partition coefficient (Wildman–Crippen LogP) is 3.50. The van der Waals surface area contributed by atoms with Crippen molar-refractivity contribution in [2.75, 3.05) is 7.05 Å². The number of rotatable bonds is 4. The molecule has 88 valence electrons. The highest BCUT2D eigenvalue weighted by atomic mass is 14.8. The van der Waals surface area contributed by atoms with Crippen molar-refractivity contribution in [3.05, 3.63) is 60.2 Å². The molecule has 0 heterocycles. The molecule has 1 unspecified atom stereocenters. The minimum absolute atomic E-state index is 0.500. The molecule has 17 heavy (non-hydrogen) atoms. The molecule has 0 saturated heterocycles. The van der Waals surface area contributed by atoms with Crippen LogP contribution < -0.4 is 5.32 Å². The largest absolute Gasteiger partial charge is 0.317 e. The molecule has 0 spiro atoms. The number of hydrogen-bond donors (Lipinski definition) is 1. The molecule has 1 N–H and O–H groups in total. The van der Waals surface area contributed by atoms with Crippen molar-refractivity contribution in [1.29, 1.82) is 0 Å². The second-order valence-electron chi connectivity index (χ2n) is 4.42. The molecule has 0 aliphatic rings. The van der Waals surface area contributed by atoms with Crippen molar-refractivity contribution in [3.63, 3.8) is 0 Å². The zero-order valence-electron chi connectivity index (χ0n) is 10.5. The van der Waals surface area contributed by atoms with E-state index in [1.54, 1.807) is 0 Å². The summed E-state index contributed by atoms with van der Waals surface area (Å²) in [6.07, 6.45) is 1.06. The van der Waals surface area contributed by atoms with Crippen LogP contribution in [0.5, 0.6) is 0 Å². The Morgan fingerprint density at radius 3 is 2.29 bits per heavy atom. The van der Waals surface area contributed by atoms with Crippen LogP contribution in [0.3, 0.4) is 0 Å². The van der Waals surface area contributed by atoms with E-state index in [0.717, 1.165) is 6.42 Å². The molecule has 1 nitrogen and oxygen atoms in total. The van der Waals surface area contributed by atoms with Gasteiger partial charge in [0.2, 0.25) is 0 Å². The third kappa shape index (κ3) is 2.95. The summed E-state index contributed by atoms with van der Waals surface area (Å²) in [5, 5.41) is 3.29. The van der Waals surface area contributed by atoms with Crippen LogP contribution in [-0.2, 0) is 6.42 Å². The topological polar surface area (TPSA) is 12.0 Å². The monoisotopic (exact) mass is 225 g/mol. The number of nitrogens with one attached hydrogen (secondary N) is 1. The van der Waals surface area contributed by atoms with E-state index >= 15 is 0 Å². The summed E-state index contributed by atoms with van der Waals surface area (Å²) in [7, 11) is 2.01. The van der Waals surface area contributed by atoms with Gasteiger partial charge in [-0.2, -0.15) is 0 Å². The highest BCUT2D eigenvalue weighted by molar-refractivity contribution is 5.67. The zero-order valence-corrected chi connectivity index (χ0v) is 10.5. The quantitative estimate of drug-likeness (QED) is 0.839. The van der Waals surface area contributed by atoms with Gasteiger partial charge in [-0.25, -0.2) is 0 Å². The molecule has 0 amide bonds. The molecule has 2 aromatic rings. The van der Waals surface area contributed by atoms with Gasteiger partial charge in [0.05, 0.1) is 0 Å². The average molecular weight is 225 g/mol.